The van der Waals surface area contributed by atoms with Crippen LogP contribution in [0.4, 0.5) is 0 Å². The molecule has 1 heterocycles. The van der Waals surface area contributed by atoms with Gasteiger partial charge in [0.15, 0.2) is 0 Å². The van der Waals surface area contributed by atoms with Crippen LogP contribution in [0.15, 0.2) is 0 Å². The molecule has 0 amide bonds. The second kappa shape index (κ2) is 3.44. The first-order valence-corrected chi connectivity index (χ1v) is 4.99. The van der Waals surface area contributed by atoms with Crippen LogP contribution in [0.3, 0.4) is 0 Å². The number of hydrogen-bond acceptors (Lipinski definition) is 3. The van der Waals surface area contributed by atoms with Crippen molar-refractivity contribution in [2.75, 3.05) is 0 Å². The lowest BCUT2D eigenvalue weighted by Gasteiger charge is -2.20. The maximum absolute atomic E-state index is 10.7. The number of carboxylic acids is 1. The van der Waals surface area contributed by atoms with Crippen LogP contribution in [0.5, 0.6) is 0 Å². The van der Waals surface area contributed by atoms with Gasteiger partial charge >= 0.3 is 0 Å². The minimum absolute atomic E-state index is 0.109. The predicted octanol–water partition coefficient (Wildman–Crippen LogP) is 0.288. The molecule has 0 saturated carbocycles. The quantitative estimate of drug-likeness (QED) is 0.733. The molecule has 1 aliphatic rings. The Morgan fingerprint density at radius 2 is 2.50 bits per heavy atom. The molecule has 0 fully saturated rings. The predicted molar refractivity (Wildman–Crippen MR) is 48.7 cm³/mol. The number of aromatic amines is 1. The third-order valence-electron chi connectivity index (χ3n) is 3.02. The number of H-pyrrole nitrogens is 1. The van der Waals surface area contributed by atoms with Crippen molar-refractivity contribution >= 4 is 5.97 Å². The molecule has 1 aliphatic carbocycles. The van der Waals surface area contributed by atoms with Crippen molar-refractivity contribution in [1.29, 1.82) is 0 Å². The number of fused-ring (bicyclic) bond motifs is 1. The Balaban J connectivity index is 2.32. The zero-order chi connectivity index (χ0) is 10.1. The lowest BCUT2D eigenvalue weighted by atomic mass is 9.85. The first-order valence-electron chi connectivity index (χ1n) is 4.99. The molecule has 4 heteroatoms. The molecule has 4 nitrogen and oxygen atoms in total. The highest BCUT2D eigenvalue weighted by Crippen LogP contribution is 2.27. The Morgan fingerprint density at radius 1 is 1.71 bits per heavy atom. The SMILES string of the molecule is CC[C@@H]1CCc2[nH]nc(C(=O)[O-])c2C1. The minimum Gasteiger partial charge on any atom is -0.543 e. The van der Waals surface area contributed by atoms with E-state index in [4.69, 9.17) is 0 Å². The van der Waals surface area contributed by atoms with E-state index in [0.29, 0.717) is 5.92 Å². The molecule has 0 spiro atoms. The molecule has 1 N–H and O–H groups in total. The van der Waals surface area contributed by atoms with Crippen molar-refractivity contribution < 1.29 is 9.90 Å². The average molecular weight is 193 g/mol. The van der Waals surface area contributed by atoms with Crippen molar-refractivity contribution in [1.82, 2.24) is 10.2 Å². The minimum atomic E-state index is -1.17. The van der Waals surface area contributed by atoms with Crippen LogP contribution in [-0.4, -0.2) is 16.2 Å². The van der Waals surface area contributed by atoms with Crippen LogP contribution in [-0.2, 0) is 12.8 Å². The summed E-state index contributed by atoms with van der Waals surface area (Å²) in [5.41, 5.74) is 1.95. The van der Waals surface area contributed by atoms with Gasteiger partial charge in [0.2, 0.25) is 0 Å². The van der Waals surface area contributed by atoms with Crippen LogP contribution in [0.2, 0.25) is 0 Å². The molecule has 0 aromatic carbocycles. The van der Waals surface area contributed by atoms with Crippen molar-refractivity contribution in [2.24, 2.45) is 5.92 Å². The molecule has 0 saturated heterocycles. The van der Waals surface area contributed by atoms with Gasteiger partial charge in [-0.3, -0.25) is 5.10 Å². The first-order chi connectivity index (χ1) is 6.72. The topological polar surface area (TPSA) is 68.8 Å². The number of carbonyl (C=O) groups is 1. The maximum atomic E-state index is 10.7. The number of carbonyl (C=O) groups excluding carboxylic acids is 1. The molecule has 1 atom stereocenters. The highest BCUT2D eigenvalue weighted by Gasteiger charge is 2.22. The van der Waals surface area contributed by atoms with E-state index < -0.39 is 5.97 Å². The number of nitrogens with one attached hydrogen (secondary N) is 1. The van der Waals surface area contributed by atoms with E-state index in [0.717, 1.165) is 36.9 Å². The van der Waals surface area contributed by atoms with Gasteiger partial charge in [-0.15, -0.1) is 0 Å². The van der Waals surface area contributed by atoms with Crippen LogP contribution >= 0.6 is 0 Å². The standard InChI is InChI=1S/C10H14N2O2/c1-2-6-3-4-8-7(5-6)9(10(13)14)12-11-8/h6H,2-5H2,1H3,(H,11,12)(H,13,14)/p-1/t6-/m1/s1. The summed E-state index contributed by atoms with van der Waals surface area (Å²) >= 11 is 0. The van der Waals surface area contributed by atoms with Gasteiger partial charge in [0, 0.05) is 11.3 Å². The van der Waals surface area contributed by atoms with Gasteiger partial charge in [0.05, 0.1) is 5.97 Å². The van der Waals surface area contributed by atoms with Gasteiger partial charge in [0.25, 0.3) is 0 Å². The summed E-state index contributed by atoms with van der Waals surface area (Å²) in [6, 6.07) is 0. The van der Waals surface area contributed by atoms with Gasteiger partial charge in [-0.1, -0.05) is 13.3 Å². The Labute approximate surface area is 82.3 Å². The van der Waals surface area contributed by atoms with Gasteiger partial charge in [-0.25, -0.2) is 0 Å². The van der Waals surface area contributed by atoms with Gasteiger partial charge in [0.1, 0.15) is 5.69 Å². The third kappa shape index (κ3) is 1.41. The molecular formula is C10H13N2O2-. The highest BCUT2D eigenvalue weighted by atomic mass is 16.4. The molecule has 2 rings (SSSR count). The monoisotopic (exact) mass is 193 g/mol. The molecule has 76 valence electrons. The molecule has 14 heavy (non-hydrogen) atoms. The zero-order valence-corrected chi connectivity index (χ0v) is 8.17. The lowest BCUT2D eigenvalue weighted by molar-refractivity contribution is -0.255. The summed E-state index contributed by atoms with van der Waals surface area (Å²) in [7, 11) is 0. The van der Waals surface area contributed by atoms with E-state index in [1.54, 1.807) is 0 Å². The van der Waals surface area contributed by atoms with Crippen LogP contribution in [0, 0.1) is 5.92 Å². The molecule has 0 radical (unpaired) electrons. The van der Waals surface area contributed by atoms with Crippen molar-refractivity contribution in [3.63, 3.8) is 0 Å². The van der Waals surface area contributed by atoms with Crippen LogP contribution < -0.4 is 5.11 Å². The second-order valence-electron chi connectivity index (χ2n) is 3.83. The molecule has 0 unspecified atom stereocenters. The number of nitrogens with zero attached hydrogens (tertiary/aromatic N) is 1. The molecule has 0 aliphatic heterocycles. The average Bonchev–Trinajstić information content (AvgIpc) is 2.59. The smallest absolute Gasteiger partial charge is 0.111 e. The molecule has 0 bridgehead atoms. The molecule has 1 aromatic heterocycles. The summed E-state index contributed by atoms with van der Waals surface area (Å²) < 4.78 is 0. The largest absolute Gasteiger partial charge is 0.543 e. The third-order valence-corrected chi connectivity index (χ3v) is 3.02. The normalized spacial score (nSPS) is 20.5. The summed E-state index contributed by atoms with van der Waals surface area (Å²) in [5.74, 6) is -0.572. The number of carboxylic acid groups (broad SMARTS) is 1. The number of rotatable bonds is 2. The zero-order valence-electron chi connectivity index (χ0n) is 8.17. The fourth-order valence-corrected chi connectivity index (χ4v) is 2.08. The van der Waals surface area contributed by atoms with E-state index in [2.05, 4.69) is 17.1 Å². The first kappa shape index (κ1) is 9.24. The van der Waals surface area contributed by atoms with E-state index in [1.807, 2.05) is 0 Å². The van der Waals surface area contributed by atoms with Crippen LogP contribution in [0.25, 0.3) is 0 Å². The fraction of sp³-hybridized carbons (Fsp3) is 0.600. The van der Waals surface area contributed by atoms with Gasteiger partial charge < -0.3 is 9.90 Å². The fourth-order valence-electron chi connectivity index (χ4n) is 2.08. The van der Waals surface area contributed by atoms with E-state index in [1.165, 1.54) is 0 Å². The number of aromatic nitrogens is 2. The number of aryl methyl sites for hydroxylation is 1. The second-order valence-corrected chi connectivity index (χ2v) is 3.83. The summed E-state index contributed by atoms with van der Waals surface area (Å²) in [4.78, 5) is 10.7. The number of hydrogen-bond donors (Lipinski definition) is 1. The Morgan fingerprint density at radius 3 is 3.14 bits per heavy atom. The van der Waals surface area contributed by atoms with Crippen molar-refractivity contribution in [3.8, 4) is 0 Å². The van der Waals surface area contributed by atoms with Crippen molar-refractivity contribution in [2.45, 2.75) is 32.6 Å². The molecular weight excluding hydrogens is 180 g/mol. The van der Waals surface area contributed by atoms with E-state index >= 15 is 0 Å². The van der Waals surface area contributed by atoms with Crippen molar-refractivity contribution in [3.05, 3.63) is 17.0 Å². The Hall–Kier alpha value is -1.32. The summed E-state index contributed by atoms with van der Waals surface area (Å²) in [6.07, 6.45) is 3.95. The highest BCUT2D eigenvalue weighted by molar-refractivity contribution is 5.85. The van der Waals surface area contributed by atoms with E-state index in [-0.39, 0.29) is 5.69 Å². The summed E-state index contributed by atoms with van der Waals surface area (Å²) in [5, 5.41) is 17.3. The Kier molecular flexibility index (Phi) is 2.27. The molecule has 1 aromatic rings. The van der Waals surface area contributed by atoms with Crippen LogP contribution in [0.1, 0.15) is 41.5 Å². The van der Waals surface area contributed by atoms with Gasteiger partial charge in [-0.2, -0.15) is 5.10 Å². The Bertz CT molecular complexity index is 357. The number of aromatic carboxylic acids is 1. The van der Waals surface area contributed by atoms with E-state index in [9.17, 15) is 9.90 Å². The lowest BCUT2D eigenvalue weighted by Crippen LogP contribution is -2.25. The van der Waals surface area contributed by atoms with Gasteiger partial charge in [-0.05, 0) is 25.2 Å². The summed E-state index contributed by atoms with van der Waals surface area (Å²) in [6.45, 7) is 2.13. The maximum Gasteiger partial charge on any atom is 0.111 e.